The van der Waals surface area contributed by atoms with E-state index in [1.165, 1.54) is 7.11 Å². The molecule has 0 spiro atoms. The van der Waals surface area contributed by atoms with Crippen molar-refractivity contribution in [1.29, 1.82) is 0 Å². The van der Waals surface area contributed by atoms with Crippen LogP contribution in [0.1, 0.15) is 6.42 Å². The van der Waals surface area contributed by atoms with E-state index in [-0.39, 0.29) is 18.7 Å². The van der Waals surface area contributed by atoms with Gasteiger partial charge in [0.1, 0.15) is 6.61 Å². The number of rotatable bonds is 3. The number of ether oxygens (including phenoxy) is 2. The van der Waals surface area contributed by atoms with E-state index in [1.807, 2.05) is 0 Å². The van der Waals surface area contributed by atoms with Gasteiger partial charge in [0.05, 0.1) is 13.2 Å². The first-order chi connectivity index (χ1) is 5.33. The zero-order chi connectivity index (χ0) is 8.10. The fraction of sp³-hybridized carbons (Fsp3) is 0.857. The van der Waals surface area contributed by atoms with Gasteiger partial charge in [0, 0.05) is 6.54 Å². The quantitative estimate of drug-likeness (QED) is 0.566. The first-order valence-electron chi connectivity index (χ1n) is 3.72. The van der Waals surface area contributed by atoms with Crippen molar-refractivity contribution in [2.75, 3.05) is 26.8 Å². The molecule has 0 radical (unpaired) electrons. The molecular weight excluding hydrogens is 146 g/mol. The summed E-state index contributed by atoms with van der Waals surface area (Å²) in [5.74, 6) is -0.308. The lowest BCUT2D eigenvalue weighted by Crippen LogP contribution is -2.21. The first-order valence-corrected chi connectivity index (χ1v) is 3.72. The lowest BCUT2D eigenvalue weighted by molar-refractivity contribution is -0.147. The van der Waals surface area contributed by atoms with Gasteiger partial charge >= 0.3 is 5.97 Å². The van der Waals surface area contributed by atoms with Crippen molar-refractivity contribution >= 4 is 5.97 Å². The standard InChI is InChI=1S/C7H13NO3/c1-10-7(9)5-11-6-2-3-8-4-6/h6,8H,2-5H2,1H3/t6-/m1/s1. The first kappa shape index (κ1) is 8.49. The van der Waals surface area contributed by atoms with Gasteiger partial charge in [-0.25, -0.2) is 4.79 Å². The Bertz CT molecular complexity index is 132. The van der Waals surface area contributed by atoms with E-state index in [4.69, 9.17) is 4.74 Å². The molecule has 0 aromatic carbocycles. The Hall–Kier alpha value is -0.610. The van der Waals surface area contributed by atoms with E-state index < -0.39 is 0 Å². The molecule has 1 aliphatic rings. The summed E-state index contributed by atoms with van der Waals surface area (Å²) >= 11 is 0. The minimum absolute atomic E-state index is 0.0723. The summed E-state index contributed by atoms with van der Waals surface area (Å²) in [5, 5.41) is 3.14. The van der Waals surface area contributed by atoms with Crippen LogP contribution in [0.4, 0.5) is 0 Å². The fourth-order valence-corrected chi connectivity index (χ4v) is 1.02. The van der Waals surface area contributed by atoms with Crippen molar-refractivity contribution < 1.29 is 14.3 Å². The summed E-state index contributed by atoms with van der Waals surface area (Å²) in [7, 11) is 1.36. The van der Waals surface area contributed by atoms with Crippen LogP contribution in [-0.4, -0.2) is 38.9 Å². The molecule has 0 aliphatic carbocycles. The smallest absolute Gasteiger partial charge is 0.331 e. The number of hydrogen-bond acceptors (Lipinski definition) is 4. The zero-order valence-corrected chi connectivity index (χ0v) is 6.63. The Morgan fingerprint density at radius 1 is 1.73 bits per heavy atom. The minimum atomic E-state index is -0.308. The van der Waals surface area contributed by atoms with Crippen molar-refractivity contribution in [1.82, 2.24) is 5.32 Å². The van der Waals surface area contributed by atoms with Gasteiger partial charge in [0.25, 0.3) is 0 Å². The Balaban J connectivity index is 2.06. The molecule has 1 saturated heterocycles. The second-order valence-electron chi connectivity index (χ2n) is 2.50. The Kier molecular flexibility index (Phi) is 3.32. The molecule has 0 bridgehead atoms. The minimum Gasteiger partial charge on any atom is -0.467 e. The van der Waals surface area contributed by atoms with Crippen molar-refractivity contribution in [3.63, 3.8) is 0 Å². The van der Waals surface area contributed by atoms with E-state index >= 15 is 0 Å². The number of carbonyl (C=O) groups excluding carboxylic acids is 1. The van der Waals surface area contributed by atoms with Crippen LogP contribution in [0.25, 0.3) is 0 Å². The van der Waals surface area contributed by atoms with Gasteiger partial charge in [0.2, 0.25) is 0 Å². The van der Waals surface area contributed by atoms with Gasteiger partial charge in [0.15, 0.2) is 0 Å². The van der Waals surface area contributed by atoms with Crippen LogP contribution in [0.2, 0.25) is 0 Å². The van der Waals surface area contributed by atoms with E-state index in [2.05, 4.69) is 10.1 Å². The molecule has 64 valence electrons. The second-order valence-corrected chi connectivity index (χ2v) is 2.50. The van der Waals surface area contributed by atoms with Crippen LogP contribution >= 0.6 is 0 Å². The number of hydrogen-bond donors (Lipinski definition) is 1. The molecule has 11 heavy (non-hydrogen) atoms. The average Bonchev–Trinajstić information content (AvgIpc) is 2.52. The molecule has 1 fully saturated rings. The normalized spacial score (nSPS) is 23.5. The highest BCUT2D eigenvalue weighted by atomic mass is 16.6. The molecule has 0 aromatic heterocycles. The molecule has 4 nitrogen and oxygen atoms in total. The fourth-order valence-electron chi connectivity index (χ4n) is 1.02. The largest absolute Gasteiger partial charge is 0.467 e. The number of esters is 1. The summed E-state index contributed by atoms with van der Waals surface area (Å²) < 4.78 is 9.64. The van der Waals surface area contributed by atoms with Crippen molar-refractivity contribution in [3.05, 3.63) is 0 Å². The molecule has 1 N–H and O–H groups in total. The van der Waals surface area contributed by atoms with Crippen molar-refractivity contribution in [3.8, 4) is 0 Å². The number of carbonyl (C=O) groups is 1. The van der Waals surface area contributed by atoms with Crippen LogP contribution in [-0.2, 0) is 14.3 Å². The van der Waals surface area contributed by atoms with Gasteiger partial charge in [-0.15, -0.1) is 0 Å². The lowest BCUT2D eigenvalue weighted by atomic mass is 10.3. The van der Waals surface area contributed by atoms with Crippen molar-refractivity contribution in [2.45, 2.75) is 12.5 Å². The van der Waals surface area contributed by atoms with Crippen molar-refractivity contribution in [2.24, 2.45) is 0 Å². The summed E-state index contributed by atoms with van der Waals surface area (Å²) in [4.78, 5) is 10.6. The summed E-state index contributed by atoms with van der Waals surface area (Å²) in [6.07, 6.45) is 1.17. The number of methoxy groups -OCH3 is 1. The predicted octanol–water partition coefficient (Wildman–Crippen LogP) is -0.462. The maximum atomic E-state index is 10.6. The third-order valence-corrected chi connectivity index (χ3v) is 1.68. The van der Waals surface area contributed by atoms with Crippen LogP contribution in [0.3, 0.4) is 0 Å². The molecule has 0 amide bonds. The highest BCUT2D eigenvalue weighted by molar-refractivity contribution is 5.70. The van der Waals surface area contributed by atoms with E-state index in [1.54, 1.807) is 0 Å². The maximum absolute atomic E-state index is 10.6. The van der Waals surface area contributed by atoms with Crippen LogP contribution in [0.5, 0.6) is 0 Å². The van der Waals surface area contributed by atoms with Crippen LogP contribution < -0.4 is 5.32 Å². The van der Waals surface area contributed by atoms with E-state index in [0.29, 0.717) is 0 Å². The lowest BCUT2D eigenvalue weighted by Gasteiger charge is -2.07. The summed E-state index contributed by atoms with van der Waals surface area (Å²) in [5.41, 5.74) is 0. The highest BCUT2D eigenvalue weighted by Gasteiger charge is 2.15. The third kappa shape index (κ3) is 2.86. The van der Waals surface area contributed by atoms with Gasteiger partial charge in [-0.05, 0) is 13.0 Å². The second kappa shape index (κ2) is 4.31. The SMILES string of the molecule is COC(=O)CO[C@@H]1CCNC1. The average molecular weight is 159 g/mol. The monoisotopic (exact) mass is 159 g/mol. The molecule has 1 rings (SSSR count). The van der Waals surface area contributed by atoms with E-state index in [0.717, 1.165) is 19.5 Å². The van der Waals surface area contributed by atoms with Gasteiger partial charge in [-0.1, -0.05) is 0 Å². The Labute approximate surface area is 65.9 Å². The topological polar surface area (TPSA) is 47.6 Å². The molecule has 4 heteroatoms. The molecule has 0 aromatic rings. The third-order valence-electron chi connectivity index (χ3n) is 1.68. The highest BCUT2D eigenvalue weighted by Crippen LogP contribution is 2.02. The molecular formula is C7H13NO3. The number of nitrogens with one attached hydrogen (secondary N) is 1. The van der Waals surface area contributed by atoms with Crippen LogP contribution in [0, 0.1) is 0 Å². The molecule has 1 aliphatic heterocycles. The summed E-state index contributed by atoms with van der Waals surface area (Å²) in [6.45, 7) is 1.89. The predicted molar refractivity (Wildman–Crippen MR) is 39.2 cm³/mol. The van der Waals surface area contributed by atoms with Gasteiger partial charge in [-0.2, -0.15) is 0 Å². The molecule has 0 saturated carbocycles. The molecule has 1 heterocycles. The van der Waals surface area contributed by atoms with Crippen LogP contribution in [0.15, 0.2) is 0 Å². The maximum Gasteiger partial charge on any atom is 0.331 e. The zero-order valence-electron chi connectivity index (χ0n) is 6.63. The Morgan fingerprint density at radius 2 is 2.55 bits per heavy atom. The molecule has 0 unspecified atom stereocenters. The van der Waals surface area contributed by atoms with E-state index in [9.17, 15) is 4.79 Å². The van der Waals surface area contributed by atoms with Gasteiger partial charge < -0.3 is 14.8 Å². The Morgan fingerprint density at radius 3 is 3.09 bits per heavy atom. The summed E-state index contributed by atoms with van der Waals surface area (Å²) in [6, 6.07) is 0. The molecule has 1 atom stereocenters. The van der Waals surface area contributed by atoms with Gasteiger partial charge in [-0.3, -0.25) is 0 Å².